The van der Waals surface area contributed by atoms with Crippen LogP contribution in [-0.2, 0) is 0 Å². The van der Waals surface area contributed by atoms with Gasteiger partial charge in [0, 0.05) is 0 Å². The molecule has 0 fully saturated rings. The van der Waals surface area contributed by atoms with Crippen LogP contribution in [0.15, 0.2) is 206 Å². The minimum atomic E-state index is 1.21. The molecule has 0 radical (unpaired) electrons. The van der Waals surface area contributed by atoms with Gasteiger partial charge in [-0.2, -0.15) is 0 Å². The van der Waals surface area contributed by atoms with Gasteiger partial charge in [-0.3, -0.25) is 0 Å². The Morgan fingerprint density at radius 2 is 0.400 bits per heavy atom. The van der Waals surface area contributed by atoms with Crippen LogP contribution >= 0.6 is 0 Å². The molecule has 0 heterocycles. The van der Waals surface area contributed by atoms with Gasteiger partial charge >= 0.3 is 0 Å². The summed E-state index contributed by atoms with van der Waals surface area (Å²) in [5, 5.41) is 5.02. The highest BCUT2D eigenvalue weighted by molar-refractivity contribution is 6.22. The normalized spacial score (nSPS) is 11.2. The monoisotopic (exact) mass is 634 g/mol. The molecule has 0 aliphatic carbocycles. The minimum absolute atomic E-state index is 1.21. The molecule has 50 heavy (non-hydrogen) atoms. The smallest absolute Gasteiger partial charge is 0.00259 e. The van der Waals surface area contributed by atoms with Crippen molar-refractivity contribution in [3.63, 3.8) is 0 Å². The van der Waals surface area contributed by atoms with Gasteiger partial charge in [0.05, 0.1) is 0 Å². The highest BCUT2D eigenvalue weighted by atomic mass is 14.2. The van der Waals surface area contributed by atoms with Crippen molar-refractivity contribution in [2.24, 2.45) is 0 Å². The SMILES string of the molecule is c1ccc(-c2ccc(-c3ccc4c(-c5ccccc5)c5ccc(-c6ccc(-c7ccccc7)cc6)cc5c(-c5ccccc5)c4c3)cc2)cc1. The Balaban J connectivity index is 1.27. The molecule has 9 rings (SSSR count). The van der Waals surface area contributed by atoms with Crippen LogP contribution in [0.2, 0.25) is 0 Å². The summed E-state index contributed by atoms with van der Waals surface area (Å²) in [6, 6.07) is 74.9. The van der Waals surface area contributed by atoms with E-state index in [1.807, 2.05) is 0 Å². The summed E-state index contributed by atoms with van der Waals surface area (Å²) in [4.78, 5) is 0. The Morgan fingerprint density at radius 1 is 0.160 bits per heavy atom. The van der Waals surface area contributed by atoms with Gasteiger partial charge in [0.25, 0.3) is 0 Å². The topological polar surface area (TPSA) is 0 Å². The molecule has 9 aromatic rings. The highest BCUT2D eigenvalue weighted by Crippen LogP contribution is 2.46. The fourth-order valence-corrected chi connectivity index (χ4v) is 7.39. The summed E-state index contributed by atoms with van der Waals surface area (Å²) >= 11 is 0. The van der Waals surface area contributed by atoms with E-state index in [1.54, 1.807) is 0 Å². The van der Waals surface area contributed by atoms with Crippen molar-refractivity contribution < 1.29 is 0 Å². The lowest BCUT2D eigenvalue weighted by Crippen LogP contribution is -1.92. The third-order valence-electron chi connectivity index (χ3n) is 9.89. The molecule has 0 atom stereocenters. The molecular weight excluding hydrogens is 601 g/mol. The summed E-state index contributed by atoms with van der Waals surface area (Å²) in [7, 11) is 0. The Morgan fingerprint density at radius 3 is 0.740 bits per heavy atom. The first kappa shape index (κ1) is 29.6. The maximum Gasteiger partial charge on any atom is -0.00259 e. The van der Waals surface area contributed by atoms with E-state index in [2.05, 4.69) is 206 Å². The van der Waals surface area contributed by atoms with Crippen molar-refractivity contribution in [1.82, 2.24) is 0 Å². The van der Waals surface area contributed by atoms with E-state index in [-0.39, 0.29) is 0 Å². The van der Waals surface area contributed by atoms with Crippen molar-refractivity contribution in [3.05, 3.63) is 206 Å². The van der Waals surface area contributed by atoms with Gasteiger partial charge in [-0.15, -0.1) is 0 Å². The first-order valence-corrected chi connectivity index (χ1v) is 17.3. The van der Waals surface area contributed by atoms with Gasteiger partial charge in [0.2, 0.25) is 0 Å². The number of hydrogen-bond donors (Lipinski definition) is 0. The molecule has 0 nitrogen and oxygen atoms in total. The fraction of sp³-hybridized carbons (Fsp3) is 0. The Hall–Kier alpha value is -6.50. The Bertz CT molecular complexity index is 2420. The molecule has 0 spiro atoms. The Kier molecular flexibility index (Phi) is 7.61. The fourth-order valence-electron chi connectivity index (χ4n) is 7.39. The van der Waals surface area contributed by atoms with Crippen LogP contribution in [0.3, 0.4) is 0 Å². The van der Waals surface area contributed by atoms with Crippen molar-refractivity contribution in [2.75, 3.05) is 0 Å². The van der Waals surface area contributed by atoms with Crippen LogP contribution < -0.4 is 0 Å². The predicted octanol–water partition coefficient (Wildman–Crippen LogP) is 14.0. The largest absolute Gasteiger partial charge is 0.0622 e. The molecule has 0 saturated carbocycles. The second kappa shape index (κ2) is 12.8. The van der Waals surface area contributed by atoms with Gasteiger partial charge in [0.1, 0.15) is 0 Å². The maximum atomic E-state index is 2.41. The van der Waals surface area contributed by atoms with E-state index in [9.17, 15) is 0 Å². The molecule has 0 N–H and O–H groups in total. The third kappa shape index (κ3) is 5.48. The van der Waals surface area contributed by atoms with Crippen molar-refractivity contribution in [1.29, 1.82) is 0 Å². The van der Waals surface area contributed by atoms with Crippen LogP contribution in [0.1, 0.15) is 0 Å². The van der Waals surface area contributed by atoms with Crippen LogP contribution in [0.5, 0.6) is 0 Å². The molecule has 0 amide bonds. The van der Waals surface area contributed by atoms with E-state index in [0.717, 1.165) is 0 Å². The summed E-state index contributed by atoms with van der Waals surface area (Å²) in [6.07, 6.45) is 0. The van der Waals surface area contributed by atoms with Gasteiger partial charge < -0.3 is 0 Å². The zero-order valence-corrected chi connectivity index (χ0v) is 27.6. The quantitative estimate of drug-likeness (QED) is 0.160. The summed E-state index contributed by atoms with van der Waals surface area (Å²) in [6.45, 7) is 0. The molecule has 234 valence electrons. The standard InChI is InChI=1S/C50H34/c1-5-13-35(14-6-1)37-21-25-39(26-22-37)43-29-31-45-47(33-43)50(42-19-11-4-12-20-42)48-34-44(30-32-46(48)49(45)41-17-9-3-10-18-41)40-27-23-38(24-28-40)36-15-7-2-8-16-36/h1-34H. The van der Waals surface area contributed by atoms with E-state index in [0.29, 0.717) is 0 Å². The molecule has 0 heteroatoms. The highest BCUT2D eigenvalue weighted by Gasteiger charge is 2.18. The van der Waals surface area contributed by atoms with Crippen LogP contribution in [-0.4, -0.2) is 0 Å². The molecule has 0 aliphatic heterocycles. The summed E-state index contributed by atoms with van der Waals surface area (Å²) in [5.41, 5.74) is 14.7. The zero-order valence-electron chi connectivity index (χ0n) is 27.6. The summed E-state index contributed by atoms with van der Waals surface area (Å²) < 4.78 is 0. The predicted molar refractivity (Wildman–Crippen MR) is 214 cm³/mol. The lowest BCUT2D eigenvalue weighted by atomic mass is 9.84. The summed E-state index contributed by atoms with van der Waals surface area (Å²) in [5.74, 6) is 0. The number of fused-ring (bicyclic) bond motifs is 2. The molecule has 0 saturated heterocycles. The first-order valence-electron chi connectivity index (χ1n) is 17.3. The lowest BCUT2D eigenvalue weighted by molar-refractivity contribution is 1.59. The minimum Gasteiger partial charge on any atom is -0.0622 e. The number of benzene rings is 9. The molecule has 0 aromatic heterocycles. The molecular formula is C50H34. The van der Waals surface area contributed by atoms with Gasteiger partial charge in [-0.05, 0) is 100 Å². The number of hydrogen-bond acceptors (Lipinski definition) is 0. The molecule has 0 aliphatic rings. The van der Waals surface area contributed by atoms with Crippen molar-refractivity contribution >= 4 is 21.5 Å². The van der Waals surface area contributed by atoms with Crippen LogP contribution in [0.4, 0.5) is 0 Å². The van der Waals surface area contributed by atoms with E-state index >= 15 is 0 Å². The second-order valence-corrected chi connectivity index (χ2v) is 12.9. The average molecular weight is 635 g/mol. The zero-order chi connectivity index (χ0) is 33.3. The van der Waals surface area contributed by atoms with Gasteiger partial charge in [-0.1, -0.05) is 194 Å². The van der Waals surface area contributed by atoms with Gasteiger partial charge in [0.15, 0.2) is 0 Å². The third-order valence-corrected chi connectivity index (χ3v) is 9.89. The van der Waals surface area contributed by atoms with Gasteiger partial charge in [-0.25, -0.2) is 0 Å². The molecule has 0 bridgehead atoms. The molecule has 0 unspecified atom stereocenters. The average Bonchev–Trinajstić information content (AvgIpc) is 3.21. The lowest BCUT2D eigenvalue weighted by Gasteiger charge is -2.20. The second-order valence-electron chi connectivity index (χ2n) is 12.9. The van der Waals surface area contributed by atoms with Crippen molar-refractivity contribution in [2.45, 2.75) is 0 Å². The van der Waals surface area contributed by atoms with E-state index < -0.39 is 0 Å². The van der Waals surface area contributed by atoms with E-state index in [1.165, 1.54) is 88.3 Å². The van der Waals surface area contributed by atoms with Crippen LogP contribution in [0, 0.1) is 0 Å². The van der Waals surface area contributed by atoms with Crippen molar-refractivity contribution in [3.8, 4) is 66.8 Å². The maximum absolute atomic E-state index is 2.41. The Labute approximate surface area is 293 Å². The van der Waals surface area contributed by atoms with E-state index in [4.69, 9.17) is 0 Å². The first-order chi connectivity index (χ1) is 24.8. The number of rotatable bonds is 6. The molecule has 9 aromatic carbocycles. The van der Waals surface area contributed by atoms with Crippen LogP contribution in [0.25, 0.3) is 88.3 Å².